The summed E-state index contributed by atoms with van der Waals surface area (Å²) in [5.41, 5.74) is 0.310. The maximum atomic E-state index is 12.5. The van der Waals surface area contributed by atoms with E-state index in [4.69, 9.17) is 24.1 Å². The van der Waals surface area contributed by atoms with Crippen LogP contribution in [0.1, 0.15) is 129 Å². The van der Waals surface area contributed by atoms with E-state index < -0.39 is 18.0 Å². The first-order valence-electron chi connectivity index (χ1n) is 19.0. The predicted octanol–water partition coefficient (Wildman–Crippen LogP) is 4.95. The van der Waals surface area contributed by atoms with Gasteiger partial charge in [0.2, 0.25) is 11.8 Å². The zero-order valence-corrected chi connectivity index (χ0v) is 31.6. The number of aliphatic carboxylic acids is 2. The molecule has 0 bridgehead atoms. The third kappa shape index (κ3) is 33.9. The Hall–Kier alpha value is -3.20. The summed E-state index contributed by atoms with van der Waals surface area (Å²) in [6.45, 7) is 6.98. The average molecular weight is 743 g/mol. The molecule has 0 aliphatic rings. The van der Waals surface area contributed by atoms with E-state index in [0.717, 1.165) is 38.5 Å². The van der Waals surface area contributed by atoms with Crippen molar-refractivity contribution in [3.05, 3.63) is 12.2 Å². The Bertz CT molecular complexity index is 1020. The van der Waals surface area contributed by atoms with Gasteiger partial charge in [0.25, 0.3) is 0 Å². The highest BCUT2D eigenvalue weighted by atomic mass is 16.5. The van der Waals surface area contributed by atoms with Crippen LogP contribution in [0.4, 0.5) is 0 Å². The molecule has 14 nitrogen and oxygen atoms in total. The fourth-order valence-corrected chi connectivity index (χ4v) is 5.13. The zero-order chi connectivity index (χ0) is 38.7. The van der Waals surface area contributed by atoms with Crippen LogP contribution in [0.2, 0.25) is 0 Å². The quantitative estimate of drug-likeness (QED) is 0.0488. The van der Waals surface area contributed by atoms with Gasteiger partial charge in [0, 0.05) is 25.8 Å². The number of carboxylic acid groups (broad SMARTS) is 2. The Kier molecular flexibility index (Phi) is 32.7. The van der Waals surface area contributed by atoms with Crippen molar-refractivity contribution in [2.75, 3.05) is 59.4 Å². The summed E-state index contributed by atoms with van der Waals surface area (Å²) in [5, 5.41) is 23.4. The van der Waals surface area contributed by atoms with Crippen molar-refractivity contribution in [2.45, 2.75) is 135 Å². The molecule has 0 rings (SSSR count). The highest BCUT2D eigenvalue weighted by Gasteiger charge is 2.21. The van der Waals surface area contributed by atoms with Crippen LogP contribution >= 0.6 is 0 Å². The van der Waals surface area contributed by atoms with E-state index in [-0.39, 0.29) is 88.5 Å². The van der Waals surface area contributed by atoms with Gasteiger partial charge in [-0.05, 0) is 38.2 Å². The molecule has 0 aromatic carbocycles. The number of hydrogen-bond donors (Lipinski definition) is 4. The molecule has 0 aliphatic heterocycles. The fourth-order valence-electron chi connectivity index (χ4n) is 5.13. The van der Waals surface area contributed by atoms with Gasteiger partial charge in [0.05, 0.1) is 39.6 Å². The molecule has 0 heterocycles. The van der Waals surface area contributed by atoms with Crippen molar-refractivity contribution in [3.63, 3.8) is 0 Å². The fraction of sp³-hybridized carbons (Fsp3) is 0.789. The Morgan fingerprint density at radius 3 is 1.56 bits per heavy atom. The molecule has 0 unspecified atom stereocenters. The summed E-state index contributed by atoms with van der Waals surface area (Å²) in [6.07, 6.45) is 15.8. The lowest BCUT2D eigenvalue weighted by Crippen LogP contribution is -2.41. The number of ether oxygens (including phenoxy) is 4. The lowest BCUT2D eigenvalue weighted by Gasteiger charge is -2.14. The summed E-state index contributed by atoms with van der Waals surface area (Å²) in [4.78, 5) is 69.5. The molecular weight excluding hydrogens is 676 g/mol. The minimum Gasteiger partial charge on any atom is -0.481 e. The van der Waals surface area contributed by atoms with Crippen molar-refractivity contribution in [2.24, 2.45) is 0 Å². The van der Waals surface area contributed by atoms with Gasteiger partial charge in [-0.1, -0.05) is 83.6 Å². The summed E-state index contributed by atoms with van der Waals surface area (Å²) in [7, 11) is 0. The molecule has 0 saturated heterocycles. The van der Waals surface area contributed by atoms with Crippen LogP contribution in [-0.4, -0.2) is 111 Å². The third-order valence-electron chi connectivity index (χ3n) is 8.13. The Morgan fingerprint density at radius 2 is 1.04 bits per heavy atom. The first kappa shape index (κ1) is 48.8. The van der Waals surface area contributed by atoms with Gasteiger partial charge in [-0.25, -0.2) is 4.79 Å². The zero-order valence-electron chi connectivity index (χ0n) is 31.6. The number of unbranched alkanes of at least 4 members (excludes halogenated alkanes) is 13. The van der Waals surface area contributed by atoms with Gasteiger partial charge >= 0.3 is 11.9 Å². The first-order valence-corrected chi connectivity index (χ1v) is 19.0. The summed E-state index contributed by atoms with van der Waals surface area (Å²) >= 11 is 0. The van der Waals surface area contributed by atoms with E-state index in [2.05, 4.69) is 17.2 Å². The van der Waals surface area contributed by atoms with Gasteiger partial charge in [-0.15, -0.1) is 0 Å². The Balaban J connectivity index is 3.78. The van der Waals surface area contributed by atoms with E-state index in [9.17, 15) is 33.9 Å². The number of carbonyl (C=O) groups is 6. The minimum atomic E-state index is -1.18. The van der Waals surface area contributed by atoms with E-state index in [1.807, 2.05) is 0 Å². The second kappa shape index (κ2) is 34.9. The van der Waals surface area contributed by atoms with E-state index in [1.54, 1.807) is 0 Å². The monoisotopic (exact) mass is 742 g/mol. The van der Waals surface area contributed by atoms with Crippen LogP contribution in [-0.2, 0) is 47.7 Å². The lowest BCUT2D eigenvalue weighted by molar-refractivity contribution is -0.142. The van der Waals surface area contributed by atoms with Crippen LogP contribution in [0.5, 0.6) is 0 Å². The SMILES string of the molecule is C=C(CCOCCOCC(=O)NCCOCCOCC(C)=O)C(=O)CC[C@H](NC(=O)CCCCCCCCCCCCCCCCC(=O)O)C(=O)O. The molecule has 0 fully saturated rings. The molecular formula is C38H66N2O12. The van der Waals surface area contributed by atoms with Crippen molar-refractivity contribution in [3.8, 4) is 0 Å². The van der Waals surface area contributed by atoms with Gasteiger partial charge in [0.15, 0.2) is 11.6 Å². The van der Waals surface area contributed by atoms with Gasteiger partial charge in [-0.2, -0.15) is 0 Å². The summed E-state index contributed by atoms with van der Waals surface area (Å²) < 4.78 is 21.0. The highest BCUT2D eigenvalue weighted by molar-refractivity contribution is 5.95. The van der Waals surface area contributed by atoms with E-state index in [0.29, 0.717) is 38.4 Å². The standard InChI is InChI=1S/C38H66N2O12/c1-31(21-23-49-25-28-52-30-36(44)39-22-24-50-26-27-51-29-32(2)41)34(42)20-19-33(38(47)48)40-35(43)17-15-13-11-9-7-5-3-4-6-8-10-12-14-16-18-37(45)46/h33H,1,3-30H2,2H3,(H,39,44)(H,40,43)(H,45,46)(H,47,48)/t33-/m0/s1. The first-order chi connectivity index (χ1) is 25.0. The van der Waals surface area contributed by atoms with Crippen molar-refractivity contribution in [1.29, 1.82) is 0 Å². The summed E-state index contributed by atoms with van der Waals surface area (Å²) in [6, 6.07) is -1.14. The molecule has 14 heteroatoms. The molecule has 0 aliphatic carbocycles. The smallest absolute Gasteiger partial charge is 0.326 e. The number of carbonyl (C=O) groups excluding carboxylic acids is 4. The number of ketones is 2. The number of hydrogen-bond acceptors (Lipinski definition) is 10. The number of nitrogens with one attached hydrogen (secondary N) is 2. The van der Waals surface area contributed by atoms with Crippen LogP contribution in [0.3, 0.4) is 0 Å². The lowest BCUT2D eigenvalue weighted by atomic mass is 10.0. The van der Waals surface area contributed by atoms with Gasteiger partial charge in [-0.3, -0.25) is 24.0 Å². The van der Waals surface area contributed by atoms with Crippen LogP contribution in [0.15, 0.2) is 12.2 Å². The van der Waals surface area contributed by atoms with Crippen molar-refractivity contribution in [1.82, 2.24) is 10.6 Å². The maximum absolute atomic E-state index is 12.5. The van der Waals surface area contributed by atoms with E-state index >= 15 is 0 Å². The van der Waals surface area contributed by atoms with Crippen LogP contribution in [0, 0.1) is 0 Å². The number of Topliss-reactive ketones (excluding diaryl/α,β-unsaturated/α-hetero) is 2. The van der Waals surface area contributed by atoms with Gasteiger partial charge in [0.1, 0.15) is 19.3 Å². The second-order valence-corrected chi connectivity index (χ2v) is 13.0. The molecule has 0 spiro atoms. The van der Waals surface area contributed by atoms with Crippen molar-refractivity contribution < 1.29 is 57.9 Å². The molecule has 4 N–H and O–H groups in total. The van der Waals surface area contributed by atoms with Crippen LogP contribution < -0.4 is 10.6 Å². The average Bonchev–Trinajstić information content (AvgIpc) is 3.09. The minimum absolute atomic E-state index is 0.0237. The molecule has 300 valence electrons. The predicted molar refractivity (Wildman–Crippen MR) is 196 cm³/mol. The molecule has 52 heavy (non-hydrogen) atoms. The number of carboxylic acids is 2. The van der Waals surface area contributed by atoms with Gasteiger partial charge < -0.3 is 39.8 Å². The number of rotatable bonds is 39. The van der Waals surface area contributed by atoms with Crippen molar-refractivity contribution >= 4 is 35.3 Å². The highest BCUT2D eigenvalue weighted by Crippen LogP contribution is 2.14. The Labute approximate surface area is 310 Å². The normalized spacial score (nSPS) is 11.6. The molecule has 0 aromatic heterocycles. The molecule has 0 radical (unpaired) electrons. The maximum Gasteiger partial charge on any atom is 0.326 e. The summed E-state index contributed by atoms with van der Waals surface area (Å²) in [5.74, 6) is -2.86. The Morgan fingerprint density at radius 1 is 0.558 bits per heavy atom. The molecule has 1 atom stereocenters. The third-order valence-corrected chi connectivity index (χ3v) is 8.13. The molecule has 2 amide bonds. The largest absolute Gasteiger partial charge is 0.481 e. The number of amides is 2. The molecule has 0 aromatic rings. The topological polar surface area (TPSA) is 204 Å². The van der Waals surface area contributed by atoms with Crippen LogP contribution in [0.25, 0.3) is 0 Å². The molecule has 0 saturated carbocycles. The second-order valence-electron chi connectivity index (χ2n) is 13.0. The van der Waals surface area contributed by atoms with E-state index in [1.165, 1.54) is 51.9 Å².